The van der Waals surface area contributed by atoms with Crippen LogP contribution in [0, 0.1) is 22.7 Å². The van der Waals surface area contributed by atoms with Crippen molar-refractivity contribution in [2.24, 2.45) is 22.7 Å². The first-order chi connectivity index (χ1) is 12.7. The minimum absolute atomic E-state index is 0.0449. The lowest BCUT2D eigenvalue weighted by atomic mass is 9.63. The number of thiazole rings is 1. The van der Waals surface area contributed by atoms with Crippen LogP contribution in [0.5, 0.6) is 0 Å². The molecule has 4 rings (SSSR count). The van der Waals surface area contributed by atoms with Gasteiger partial charge in [0.05, 0.1) is 17.6 Å². The third-order valence-electron chi connectivity index (χ3n) is 6.80. The van der Waals surface area contributed by atoms with Crippen LogP contribution in [0.3, 0.4) is 0 Å². The standard InChI is InChI=1S/C19H25N3O4S/c1-4-14-19(9-22(14)15(23)11-5-18(11,2)3)8-21(7-12(19)17(25)26)16(24)13-6-20-10-27-13/h6,10-12,14H,4-5,7-9H2,1-3H3,(H,25,26)/t11-,12?,14+,19?/m1/s1. The molecule has 7 nitrogen and oxygen atoms in total. The quantitative estimate of drug-likeness (QED) is 0.847. The van der Waals surface area contributed by atoms with Crippen molar-refractivity contribution < 1.29 is 19.5 Å². The van der Waals surface area contributed by atoms with Gasteiger partial charge in [-0.25, -0.2) is 0 Å². The Kier molecular flexibility index (Phi) is 4.10. The number of hydrogen-bond acceptors (Lipinski definition) is 5. The van der Waals surface area contributed by atoms with Crippen LogP contribution >= 0.6 is 11.3 Å². The van der Waals surface area contributed by atoms with Crippen molar-refractivity contribution in [1.82, 2.24) is 14.8 Å². The van der Waals surface area contributed by atoms with E-state index in [0.717, 1.165) is 6.42 Å². The fourth-order valence-electron chi connectivity index (χ4n) is 5.06. The van der Waals surface area contributed by atoms with E-state index in [1.165, 1.54) is 17.5 Å². The molecule has 1 aromatic rings. The molecule has 1 aromatic heterocycles. The van der Waals surface area contributed by atoms with Crippen LogP contribution in [-0.2, 0) is 9.59 Å². The Hall–Kier alpha value is -1.96. The van der Waals surface area contributed by atoms with E-state index in [0.29, 0.717) is 24.4 Å². The average Bonchev–Trinajstić information content (AvgIpc) is 3.04. The number of aromatic nitrogens is 1. The highest BCUT2D eigenvalue weighted by molar-refractivity contribution is 7.11. The van der Waals surface area contributed by atoms with Gasteiger partial charge in [-0.2, -0.15) is 0 Å². The summed E-state index contributed by atoms with van der Waals surface area (Å²) in [7, 11) is 0. The van der Waals surface area contributed by atoms with Crippen molar-refractivity contribution in [3.05, 3.63) is 16.6 Å². The molecule has 4 atom stereocenters. The van der Waals surface area contributed by atoms with Crippen LogP contribution in [0.4, 0.5) is 0 Å². The predicted molar refractivity (Wildman–Crippen MR) is 99.3 cm³/mol. The largest absolute Gasteiger partial charge is 0.481 e. The molecule has 1 N–H and O–H groups in total. The molecule has 1 aliphatic carbocycles. The molecule has 0 bridgehead atoms. The maximum absolute atomic E-state index is 12.9. The number of likely N-dealkylation sites (tertiary alicyclic amines) is 2. The number of carboxylic acids is 1. The second kappa shape index (κ2) is 6.02. The highest BCUT2D eigenvalue weighted by atomic mass is 32.1. The number of rotatable bonds is 4. The van der Waals surface area contributed by atoms with Crippen LogP contribution in [0.1, 0.15) is 43.3 Å². The lowest BCUT2D eigenvalue weighted by Gasteiger charge is -2.57. The van der Waals surface area contributed by atoms with E-state index in [1.807, 2.05) is 11.8 Å². The Morgan fingerprint density at radius 2 is 2.00 bits per heavy atom. The summed E-state index contributed by atoms with van der Waals surface area (Å²) in [4.78, 5) is 45.6. The highest BCUT2D eigenvalue weighted by Crippen LogP contribution is 2.57. The van der Waals surface area contributed by atoms with Gasteiger partial charge in [-0.15, -0.1) is 11.3 Å². The zero-order valence-electron chi connectivity index (χ0n) is 15.8. The van der Waals surface area contributed by atoms with Crippen LogP contribution in [-0.4, -0.2) is 63.4 Å². The fraction of sp³-hybridized carbons (Fsp3) is 0.684. The summed E-state index contributed by atoms with van der Waals surface area (Å²) in [5, 5.41) is 9.84. The number of carbonyl (C=O) groups excluding carboxylic acids is 2. The summed E-state index contributed by atoms with van der Waals surface area (Å²) in [6.45, 7) is 7.20. The Morgan fingerprint density at radius 3 is 2.52 bits per heavy atom. The van der Waals surface area contributed by atoms with Gasteiger partial charge in [0, 0.05) is 37.0 Å². The molecule has 0 aromatic carbocycles. The van der Waals surface area contributed by atoms with Gasteiger partial charge in [-0.3, -0.25) is 19.4 Å². The van der Waals surface area contributed by atoms with Crippen molar-refractivity contribution >= 4 is 29.1 Å². The predicted octanol–water partition coefficient (Wildman–Crippen LogP) is 1.95. The Morgan fingerprint density at radius 1 is 1.30 bits per heavy atom. The second-order valence-corrected chi connectivity index (χ2v) is 9.70. The van der Waals surface area contributed by atoms with Gasteiger partial charge < -0.3 is 14.9 Å². The average molecular weight is 391 g/mol. The van der Waals surface area contributed by atoms with E-state index in [4.69, 9.17) is 0 Å². The van der Waals surface area contributed by atoms with Crippen molar-refractivity contribution in [3.63, 3.8) is 0 Å². The van der Waals surface area contributed by atoms with E-state index in [-0.39, 0.29) is 35.7 Å². The number of aliphatic carboxylic acids is 1. The van der Waals surface area contributed by atoms with Crippen molar-refractivity contribution in [1.29, 1.82) is 0 Å². The maximum Gasteiger partial charge on any atom is 0.309 e. The molecule has 2 saturated heterocycles. The molecule has 3 fully saturated rings. The molecule has 2 unspecified atom stereocenters. The smallest absolute Gasteiger partial charge is 0.309 e. The van der Waals surface area contributed by atoms with Gasteiger partial charge in [-0.1, -0.05) is 20.8 Å². The topological polar surface area (TPSA) is 90.8 Å². The van der Waals surface area contributed by atoms with E-state index in [1.54, 1.807) is 10.4 Å². The number of carboxylic acid groups (broad SMARTS) is 1. The summed E-state index contributed by atoms with van der Waals surface area (Å²) in [6, 6.07) is -0.123. The lowest BCUT2D eigenvalue weighted by Crippen LogP contribution is -2.70. The maximum atomic E-state index is 12.9. The zero-order valence-corrected chi connectivity index (χ0v) is 16.7. The van der Waals surface area contributed by atoms with Crippen molar-refractivity contribution in [3.8, 4) is 0 Å². The van der Waals surface area contributed by atoms with Crippen LogP contribution in [0.2, 0.25) is 0 Å². The summed E-state index contributed by atoms with van der Waals surface area (Å²) in [5.41, 5.74) is 1.10. The van der Waals surface area contributed by atoms with E-state index < -0.39 is 17.3 Å². The SMILES string of the molecule is CC[C@@H]1N(C(=O)[C@H]2CC2(C)C)CC12CN(C(=O)c1cncs1)CC2C(=O)O. The molecule has 0 radical (unpaired) electrons. The normalized spacial score (nSPS) is 33.8. The summed E-state index contributed by atoms with van der Waals surface area (Å²) in [5.74, 6) is -1.50. The first kappa shape index (κ1) is 18.4. The van der Waals surface area contributed by atoms with Gasteiger partial charge in [0.15, 0.2) is 0 Å². The molecular formula is C19H25N3O4S. The Balaban J connectivity index is 1.56. The number of amides is 2. The van der Waals surface area contributed by atoms with Gasteiger partial charge in [0.1, 0.15) is 4.88 Å². The van der Waals surface area contributed by atoms with E-state index in [9.17, 15) is 19.5 Å². The molecule has 3 aliphatic rings. The first-order valence-electron chi connectivity index (χ1n) is 9.42. The molecule has 1 spiro atoms. The van der Waals surface area contributed by atoms with Gasteiger partial charge in [-0.05, 0) is 18.3 Å². The number of carbonyl (C=O) groups is 3. The summed E-state index contributed by atoms with van der Waals surface area (Å²) >= 11 is 1.26. The van der Waals surface area contributed by atoms with Crippen molar-refractivity contribution in [2.75, 3.05) is 19.6 Å². The number of hydrogen-bond donors (Lipinski definition) is 1. The third kappa shape index (κ3) is 2.68. The molecule has 2 aliphatic heterocycles. The van der Waals surface area contributed by atoms with Crippen LogP contribution in [0.15, 0.2) is 11.7 Å². The molecule has 3 heterocycles. The zero-order chi connectivity index (χ0) is 19.6. The minimum Gasteiger partial charge on any atom is -0.481 e. The minimum atomic E-state index is -0.882. The molecule has 27 heavy (non-hydrogen) atoms. The Bertz CT molecular complexity index is 793. The van der Waals surface area contributed by atoms with Crippen LogP contribution < -0.4 is 0 Å². The first-order valence-corrected chi connectivity index (χ1v) is 10.3. The monoisotopic (exact) mass is 391 g/mol. The molecular weight excluding hydrogens is 366 g/mol. The molecule has 146 valence electrons. The van der Waals surface area contributed by atoms with E-state index in [2.05, 4.69) is 18.8 Å². The van der Waals surface area contributed by atoms with Gasteiger partial charge in [0.25, 0.3) is 5.91 Å². The fourth-order valence-corrected chi connectivity index (χ4v) is 5.65. The molecule has 1 saturated carbocycles. The molecule has 8 heteroatoms. The lowest BCUT2D eigenvalue weighted by molar-refractivity contribution is -0.170. The highest BCUT2D eigenvalue weighted by Gasteiger charge is 2.66. The third-order valence-corrected chi connectivity index (χ3v) is 7.56. The van der Waals surface area contributed by atoms with E-state index >= 15 is 0 Å². The summed E-state index contributed by atoms with van der Waals surface area (Å²) < 4.78 is 0. The van der Waals surface area contributed by atoms with Gasteiger partial charge in [0.2, 0.25) is 5.91 Å². The molecule has 2 amide bonds. The number of nitrogens with zero attached hydrogens (tertiary/aromatic N) is 3. The van der Waals surface area contributed by atoms with Crippen molar-refractivity contribution in [2.45, 2.75) is 39.7 Å². The summed E-state index contributed by atoms with van der Waals surface area (Å²) in [6.07, 6.45) is 3.12. The van der Waals surface area contributed by atoms with Crippen LogP contribution in [0.25, 0.3) is 0 Å². The van der Waals surface area contributed by atoms with Gasteiger partial charge >= 0.3 is 5.97 Å². The second-order valence-electron chi connectivity index (χ2n) is 8.81. The Labute approximate surface area is 162 Å².